The maximum absolute atomic E-state index is 5.82. The molecule has 1 aromatic carbocycles. The molecule has 2 aromatic rings. The Kier molecular flexibility index (Phi) is 4.18. The van der Waals surface area contributed by atoms with E-state index >= 15 is 0 Å². The monoisotopic (exact) mass is 283 g/mol. The number of pyridine rings is 1. The number of aromatic nitrogens is 1. The third-order valence-electron chi connectivity index (χ3n) is 4.14. The van der Waals surface area contributed by atoms with Crippen LogP contribution in [0.15, 0.2) is 42.7 Å². The highest BCUT2D eigenvalue weighted by Crippen LogP contribution is 2.35. The summed E-state index contributed by atoms with van der Waals surface area (Å²) >= 11 is 0. The van der Waals surface area contributed by atoms with Crippen molar-refractivity contribution >= 4 is 0 Å². The molecular formula is C17H21N3O. The third kappa shape index (κ3) is 2.91. The summed E-state index contributed by atoms with van der Waals surface area (Å²) in [7, 11) is 0. The molecule has 4 nitrogen and oxygen atoms in total. The number of fused-ring (bicyclic) bond motifs is 1. The first kappa shape index (κ1) is 14.0. The van der Waals surface area contributed by atoms with Crippen molar-refractivity contribution in [1.29, 1.82) is 0 Å². The Morgan fingerprint density at radius 3 is 2.62 bits per heavy atom. The molecule has 1 unspecified atom stereocenters. The van der Waals surface area contributed by atoms with E-state index in [-0.39, 0.29) is 6.04 Å². The Morgan fingerprint density at radius 1 is 1.29 bits per heavy atom. The summed E-state index contributed by atoms with van der Waals surface area (Å²) in [5.74, 6) is 7.07. The van der Waals surface area contributed by atoms with Crippen LogP contribution in [-0.2, 0) is 12.8 Å². The van der Waals surface area contributed by atoms with Gasteiger partial charge in [0.2, 0.25) is 0 Å². The van der Waals surface area contributed by atoms with E-state index in [9.17, 15) is 0 Å². The maximum atomic E-state index is 5.82. The summed E-state index contributed by atoms with van der Waals surface area (Å²) in [5.41, 5.74) is 6.91. The molecule has 0 fully saturated rings. The van der Waals surface area contributed by atoms with E-state index in [2.05, 4.69) is 34.7 Å². The van der Waals surface area contributed by atoms with Crippen molar-refractivity contribution < 1.29 is 4.74 Å². The summed E-state index contributed by atoms with van der Waals surface area (Å²) in [6.07, 6.45) is 5.70. The summed E-state index contributed by atoms with van der Waals surface area (Å²) in [5, 5.41) is 0. The molecule has 0 radical (unpaired) electrons. The average Bonchev–Trinajstić information content (AvgIpc) is 2.92. The minimum absolute atomic E-state index is 0.0882. The number of hydrogen-bond acceptors (Lipinski definition) is 4. The van der Waals surface area contributed by atoms with E-state index in [0.29, 0.717) is 12.5 Å². The van der Waals surface area contributed by atoms with E-state index in [0.717, 1.165) is 24.2 Å². The van der Waals surface area contributed by atoms with Crippen LogP contribution in [0.4, 0.5) is 0 Å². The molecule has 1 atom stereocenters. The van der Waals surface area contributed by atoms with Crippen molar-refractivity contribution in [2.75, 3.05) is 6.61 Å². The lowest BCUT2D eigenvalue weighted by molar-refractivity contribution is 0.335. The topological polar surface area (TPSA) is 60.2 Å². The second kappa shape index (κ2) is 6.24. The van der Waals surface area contributed by atoms with E-state index < -0.39 is 0 Å². The van der Waals surface area contributed by atoms with Gasteiger partial charge in [-0.15, -0.1) is 0 Å². The molecule has 0 aliphatic heterocycles. The van der Waals surface area contributed by atoms with E-state index in [1.165, 1.54) is 11.1 Å². The summed E-state index contributed by atoms with van der Waals surface area (Å²) in [4.78, 5) is 4.27. The van der Waals surface area contributed by atoms with Crippen molar-refractivity contribution in [1.82, 2.24) is 10.4 Å². The normalized spacial score (nSPS) is 15.7. The third-order valence-corrected chi connectivity index (χ3v) is 4.14. The minimum atomic E-state index is 0.0882. The molecule has 3 N–H and O–H groups in total. The van der Waals surface area contributed by atoms with Gasteiger partial charge in [0, 0.05) is 6.20 Å². The highest BCUT2D eigenvalue weighted by Gasteiger charge is 2.29. The zero-order valence-corrected chi connectivity index (χ0v) is 12.3. The van der Waals surface area contributed by atoms with Gasteiger partial charge in [-0.1, -0.05) is 24.3 Å². The van der Waals surface area contributed by atoms with Crippen LogP contribution in [0.25, 0.3) is 0 Å². The highest BCUT2D eigenvalue weighted by atomic mass is 16.5. The number of rotatable bonds is 5. The van der Waals surface area contributed by atoms with Gasteiger partial charge < -0.3 is 4.74 Å². The van der Waals surface area contributed by atoms with Gasteiger partial charge in [0.15, 0.2) is 0 Å². The molecule has 0 bridgehead atoms. The highest BCUT2D eigenvalue weighted by molar-refractivity contribution is 5.34. The lowest BCUT2D eigenvalue weighted by atomic mass is 9.92. The molecule has 0 saturated heterocycles. The van der Waals surface area contributed by atoms with Crippen molar-refractivity contribution in [2.45, 2.75) is 25.8 Å². The molecule has 1 aliphatic carbocycles. The van der Waals surface area contributed by atoms with Crippen LogP contribution in [0.1, 0.15) is 29.7 Å². The van der Waals surface area contributed by atoms with Gasteiger partial charge in [-0.2, -0.15) is 0 Å². The Bertz CT molecular complexity index is 589. The van der Waals surface area contributed by atoms with Crippen molar-refractivity contribution in [2.24, 2.45) is 11.8 Å². The Labute approximate surface area is 125 Å². The van der Waals surface area contributed by atoms with Gasteiger partial charge >= 0.3 is 0 Å². The second-order valence-electron chi connectivity index (χ2n) is 5.47. The van der Waals surface area contributed by atoms with Crippen LogP contribution < -0.4 is 16.0 Å². The Hall–Kier alpha value is -1.91. The molecule has 4 heteroatoms. The molecule has 0 saturated carbocycles. The largest absolute Gasteiger partial charge is 0.492 e. The van der Waals surface area contributed by atoms with Crippen molar-refractivity contribution in [3.05, 3.63) is 59.4 Å². The number of nitrogens with one attached hydrogen (secondary N) is 1. The maximum Gasteiger partial charge on any atom is 0.137 e. The summed E-state index contributed by atoms with van der Waals surface area (Å²) < 4.78 is 5.53. The number of benzene rings is 1. The number of nitrogens with zero attached hydrogens (tertiary/aromatic N) is 1. The molecule has 3 rings (SSSR count). The Morgan fingerprint density at radius 2 is 2.00 bits per heavy atom. The van der Waals surface area contributed by atoms with Gasteiger partial charge in [0.05, 0.1) is 18.8 Å². The van der Waals surface area contributed by atoms with E-state index in [1.807, 2.05) is 19.2 Å². The van der Waals surface area contributed by atoms with Gasteiger partial charge in [-0.25, -0.2) is 0 Å². The van der Waals surface area contributed by atoms with Gasteiger partial charge in [0.1, 0.15) is 5.75 Å². The SMILES string of the molecule is CCOc1cncc(C(NN)C2Cc3ccccc3C2)c1. The Balaban J connectivity index is 1.82. The van der Waals surface area contributed by atoms with Crippen LogP contribution in [0.2, 0.25) is 0 Å². The number of ether oxygens (including phenoxy) is 1. The van der Waals surface area contributed by atoms with Crippen LogP contribution in [0.5, 0.6) is 5.75 Å². The van der Waals surface area contributed by atoms with Gasteiger partial charge in [-0.05, 0) is 48.4 Å². The van der Waals surface area contributed by atoms with Crippen LogP contribution >= 0.6 is 0 Å². The quantitative estimate of drug-likeness (QED) is 0.653. The smallest absolute Gasteiger partial charge is 0.137 e. The summed E-state index contributed by atoms with van der Waals surface area (Å²) in [6, 6.07) is 10.7. The molecule has 1 heterocycles. The first-order chi connectivity index (χ1) is 10.3. The van der Waals surface area contributed by atoms with Crippen LogP contribution in [0, 0.1) is 5.92 Å². The predicted octanol–water partition coefficient (Wildman–Crippen LogP) is 2.40. The first-order valence-corrected chi connectivity index (χ1v) is 7.42. The molecule has 21 heavy (non-hydrogen) atoms. The molecule has 1 aliphatic rings. The molecule has 110 valence electrons. The van der Waals surface area contributed by atoms with Crippen LogP contribution in [0.3, 0.4) is 0 Å². The number of nitrogens with two attached hydrogens (primary N) is 1. The zero-order chi connectivity index (χ0) is 14.7. The van der Waals surface area contributed by atoms with Crippen molar-refractivity contribution in [3.63, 3.8) is 0 Å². The number of hydrazine groups is 1. The second-order valence-corrected chi connectivity index (χ2v) is 5.47. The lowest BCUT2D eigenvalue weighted by Gasteiger charge is -2.23. The van der Waals surface area contributed by atoms with Gasteiger partial charge in [0.25, 0.3) is 0 Å². The average molecular weight is 283 g/mol. The lowest BCUT2D eigenvalue weighted by Crippen LogP contribution is -2.34. The minimum Gasteiger partial charge on any atom is -0.492 e. The molecular weight excluding hydrogens is 262 g/mol. The fourth-order valence-electron chi connectivity index (χ4n) is 3.18. The zero-order valence-electron chi connectivity index (χ0n) is 12.3. The standard InChI is InChI=1S/C17H21N3O/c1-2-21-16-9-15(10-19-11-16)17(20-18)14-7-12-5-3-4-6-13(12)8-14/h3-6,9-11,14,17,20H,2,7-8,18H2,1H3. The van der Waals surface area contributed by atoms with E-state index in [4.69, 9.17) is 10.6 Å². The number of hydrogen-bond donors (Lipinski definition) is 2. The summed E-state index contributed by atoms with van der Waals surface area (Å²) in [6.45, 7) is 2.61. The van der Waals surface area contributed by atoms with Crippen LogP contribution in [-0.4, -0.2) is 11.6 Å². The molecule has 0 spiro atoms. The fraction of sp³-hybridized carbons (Fsp3) is 0.353. The fourth-order valence-corrected chi connectivity index (χ4v) is 3.18. The first-order valence-electron chi connectivity index (χ1n) is 7.42. The van der Waals surface area contributed by atoms with E-state index in [1.54, 1.807) is 6.20 Å². The van der Waals surface area contributed by atoms with Crippen molar-refractivity contribution in [3.8, 4) is 5.75 Å². The molecule has 0 amide bonds. The molecule has 1 aromatic heterocycles. The predicted molar refractivity (Wildman–Crippen MR) is 82.8 cm³/mol. The van der Waals surface area contributed by atoms with Gasteiger partial charge in [-0.3, -0.25) is 16.3 Å².